The van der Waals surface area contributed by atoms with Gasteiger partial charge in [-0.15, -0.1) is 13.2 Å². The maximum atomic E-state index is 11.9. The van der Waals surface area contributed by atoms with Gasteiger partial charge in [0.25, 0.3) is 0 Å². The maximum Gasteiger partial charge on any atom is 0.573 e. The van der Waals surface area contributed by atoms with Crippen molar-refractivity contribution in [3.63, 3.8) is 0 Å². The van der Waals surface area contributed by atoms with E-state index in [0.29, 0.717) is 0 Å². The van der Waals surface area contributed by atoms with Gasteiger partial charge in [-0.1, -0.05) is 6.07 Å². The SMILES string of the molecule is NC(=O)C(=O)Nc1cccc(OC(F)(F)F)c1. The van der Waals surface area contributed by atoms with Gasteiger partial charge in [0.15, 0.2) is 0 Å². The van der Waals surface area contributed by atoms with Gasteiger partial charge in [0.05, 0.1) is 0 Å². The van der Waals surface area contributed by atoms with Crippen LogP contribution in [0.5, 0.6) is 5.75 Å². The fraction of sp³-hybridized carbons (Fsp3) is 0.111. The van der Waals surface area contributed by atoms with Crippen LogP contribution < -0.4 is 15.8 Å². The first-order valence-corrected chi connectivity index (χ1v) is 4.24. The molecule has 1 aromatic rings. The van der Waals surface area contributed by atoms with E-state index in [1.54, 1.807) is 0 Å². The lowest BCUT2D eigenvalue weighted by Crippen LogP contribution is -2.29. The average Bonchev–Trinajstić information content (AvgIpc) is 2.15. The number of nitrogens with one attached hydrogen (secondary N) is 1. The average molecular weight is 248 g/mol. The largest absolute Gasteiger partial charge is 0.573 e. The quantitative estimate of drug-likeness (QED) is 0.766. The van der Waals surface area contributed by atoms with Crippen LogP contribution in [0.3, 0.4) is 0 Å². The van der Waals surface area contributed by atoms with E-state index in [-0.39, 0.29) is 5.69 Å². The summed E-state index contributed by atoms with van der Waals surface area (Å²) in [6, 6.07) is 4.46. The zero-order valence-electron chi connectivity index (χ0n) is 8.25. The number of alkyl halides is 3. The maximum absolute atomic E-state index is 11.9. The second kappa shape index (κ2) is 4.73. The number of ether oxygens (including phenoxy) is 1. The van der Waals surface area contributed by atoms with E-state index in [9.17, 15) is 22.8 Å². The summed E-state index contributed by atoms with van der Waals surface area (Å²) >= 11 is 0. The van der Waals surface area contributed by atoms with Crippen LogP contribution in [-0.2, 0) is 9.59 Å². The Morgan fingerprint density at radius 1 is 1.29 bits per heavy atom. The molecule has 0 radical (unpaired) electrons. The lowest BCUT2D eigenvalue weighted by atomic mass is 10.3. The molecule has 2 amide bonds. The summed E-state index contributed by atoms with van der Waals surface area (Å²) in [6.07, 6.45) is -4.83. The predicted molar refractivity (Wildman–Crippen MR) is 50.9 cm³/mol. The molecule has 8 heteroatoms. The van der Waals surface area contributed by atoms with Gasteiger partial charge in [0, 0.05) is 11.8 Å². The van der Waals surface area contributed by atoms with E-state index < -0.39 is 23.9 Å². The fourth-order valence-electron chi connectivity index (χ4n) is 0.964. The molecule has 17 heavy (non-hydrogen) atoms. The van der Waals surface area contributed by atoms with Crippen molar-refractivity contribution < 1.29 is 27.5 Å². The fourth-order valence-corrected chi connectivity index (χ4v) is 0.964. The summed E-state index contributed by atoms with van der Waals surface area (Å²) < 4.78 is 39.3. The minimum atomic E-state index is -4.83. The summed E-state index contributed by atoms with van der Waals surface area (Å²) in [4.78, 5) is 21.3. The van der Waals surface area contributed by atoms with Gasteiger partial charge in [-0.2, -0.15) is 0 Å². The molecule has 0 aliphatic heterocycles. The highest BCUT2D eigenvalue weighted by Crippen LogP contribution is 2.24. The number of carbonyl (C=O) groups is 2. The number of anilines is 1. The third kappa shape index (κ3) is 4.41. The van der Waals surface area contributed by atoms with Crippen LogP contribution in [0.4, 0.5) is 18.9 Å². The highest BCUT2D eigenvalue weighted by atomic mass is 19.4. The molecule has 0 aliphatic carbocycles. The van der Waals surface area contributed by atoms with Crippen molar-refractivity contribution >= 4 is 17.5 Å². The minimum Gasteiger partial charge on any atom is -0.406 e. The van der Waals surface area contributed by atoms with Crippen molar-refractivity contribution in [3.8, 4) is 5.75 Å². The first kappa shape index (κ1) is 12.8. The molecule has 92 valence electrons. The molecule has 0 bridgehead atoms. The Labute approximate surface area is 93.3 Å². The summed E-state index contributed by atoms with van der Waals surface area (Å²) in [5.41, 5.74) is 4.63. The second-order valence-corrected chi connectivity index (χ2v) is 2.89. The van der Waals surface area contributed by atoms with E-state index in [4.69, 9.17) is 0 Å². The van der Waals surface area contributed by atoms with Crippen molar-refractivity contribution in [3.05, 3.63) is 24.3 Å². The van der Waals surface area contributed by atoms with E-state index in [2.05, 4.69) is 10.5 Å². The topological polar surface area (TPSA) is 81.4 Å². The van der Waals surface area contributed by atoms with Crippen LogP contribution in [0.15, 0.2) is 24.3 Å². The molecule has 0 heterocycles. The van der Waals surface area contributed by atoms with Gasteiger partial charge < -0.3 is 15.8 Å². The Kier molecular flexibility index (Phi) is 3.56. The summed E-state index contributed by atoms with van der Waals surface area (Å²) in [5, 5.41) is 2.01. The number of amides is 2. The van der Waals surface area contributed by atoms with Crippen molar-refractivity contribution in [1.29, 1.82) is 0 Å². The summed E-state index contributed by atoms with van der Waals surface area (Å²) in [7, 11) is 0. The standard InChI is InChI=1S/C9H7F3N2O3/c10-9(11,12)17-6-3-1-2-5(4-6)14-8(16)7(13)15/h1-4H,(H2,13,15)(H,14,16). The molecular formula is C9H7F3N2O3. The molecule has 3 N–H and O–H groups in total. The molecule has 0 fully saturated rings. The van der Waals surface area contributed by atoms with Crippen molar-refractivity contribution in [2.24, 2.45) is 5.73 Å². The van der Waals surface area contributed by atoms with Crippen LogP contribution in [-0.4, -0.2) is 18.2 Å². The number of rotatable bonds is 2. The Balaban J connectivity index is 2.79. The lowest BCUT2D eigenvalue weighted by Gasteiger charge is -2.10. The van der Waals surface area contributed by atoms with E-state index >= 15 is 0 Å². The lowest BCUT2D eigenvalue weighted by molar-refractivity contribution is -0.274. The molecular weight excluding hydrogens is 241 g/mol. The third-order valence-electron chi connectivity index (χ3n) is 1.55. The third-order valence-corrected chi connectivity index (χ3v) is 1.55. The normalized spacial score (nSPS) is 10.8. The number of hydrogen-bond acceptors (Lipinski definition) is 3. The second-order valence-electron chi connectivity index (χ2n) is 2.89. The van der Waals surface area contributed by atoms with Gasteiger partial charge in [-0.25, -0.2) is 0 Å². The Hall–Kier alpha value is -2.25. The van der Waals surface area contributed by atoms with Gasteiger partial charge in [-0.3, -0.25) is 9.59 Å². The van der Waals surface area contributed by atoms with Gasteiger partial charge >= 0.3 is 18.2 Å². The summed E-state index contributed by atoms with van der Waals surface area (Å²) in [6.45, 7) is 0. The van der Waals surface area contributed by atoms with E-state index in [1.807, 2.05) is 5.32 Å². The van der Waals surface area contributed by atoms with Crippen LogP contribution >= 0.6 is 0 Å². The van der Waals surface area contributed by atoms with Gasteiger partial charge in [-0.05, 0) is 12.1 Å². The smallest absolute Gasteiger partial charge is 0.406 e. The molecule has 5 nitrogen and oxygen atoms in total. The zero-order chi connectivity index (χ0) is 13.1. The molecule has 0 saturated heterocycles. The van der Waals surface area contributed by atoms with Gasteiger partial charge in [0.2, 0.25) is 0 Å². The van der Waals surface area contributed by atoms with Gasteiger partial charge in [0.1, 0.15) is 5.75 Å². The summed E-state index contributed by atoms with van der Waals surface area (Å²) in [5.74, 6) is -2.89. The number of nitrogens with two attached hydrogens (primary N) is 1. The Morgan fingerprint density at radius 3 is 2.47 bits per heavy atom. The first-order valence-electron chi connectivity index (χ1n) is 4.24. The molecule has 0 aromatic heterocycles. The molecule has 1 rings (SSSR count). The molecule has 1 aromatic carbocycles. The number of halogens is 3. The number of hydrogen-bond donors (Lipinski definition) is 2. The predicted octanol–water partition coefficient (Wildman–Crippen LogP) is 1.01. The minimum absolute atomic E-state index is 0.0319. The molecule has 0 atom stereocenters. The Bertz CT molecular complexity index is 445. The van der Waals surface area contributed by atoms with Crippen LogP contribution in [0.25, 0.3) is 0 Å². The highest BCUT2D eigenvalue weighted by Gasteiger charge is 2.31. The van der Waals surface area contributed by atoms with Crippen LogP contribution in [0.2, 0.25) is 0 Å². The molecule has 0 spiro atoms. The number of carbonyl (C=O) groups excluding carboxylic acids is 2. The van der Waals surface area contributed by atoms with E-state index in [0.717, 1.165) is 12.1 Å². The van der Waals surface area contributed by atoms with Crippen molar-refractivity contribution in [2.45, 2.75) is 6.36 Å². The molecule has 0 saturated carbocycles. The van der Waals surface area contributed by atoms with Crippen molar-refractivity contribution in [2.75, 3.05) is 5.32 Å². The van der Waals surface area contributed by atoms with Crippen LogP contribution in [0.1, 0.15) is 0 Å². The highest BCUT2D eigenvalue weighted by molar-refractivity contribution is 6.39. The Morgan fingerprint density at radius 2 is 1.94 bits per heavy atom. The zero-order valence-corrected chi connectivity index (χ0v) is 8.25. The molecule has 0 unspecified atom stereocenters. The van der Waals surface area contributed by atoms with Crippen molar-refractivity contribution in [1.82, 2.24) is 0 Å². The monoisotopic (exact) mass is 248 g/mol. The molecule has 0 aliphatic rings. The van der Waals surface area contributed by atoms with E-state index in [1.165, 1.54) is 12.1 Å². The number of primary amides is 1. The van der Waals surface area contributed by atoms with Crippen LogP contribution in [0, 0.1) is 0 Å². The number of benzene rings is 1. The first-order chi connectivity index (χ1) is 7.78.